The van der Waals surface area contributed by atoms with Crippen LogP contribution in [-0.2, 0) is 13.8 Å². The molecule has 0 saturated carbocycles. The molecule has 0 radical (unpaired) electrons. The molecule has 1 N–H and O–H groups in total. The van der Waals surface area contributed by atoms with Gasteiger partial charge in [0.05, 0.1) is 0 Å². The second-order valence-corrected chi connectivity index (χ2v) is 4.36. The van der Waals surface area contributed by atoms with Crippen molar-refractivity contribution >= 4 is 7.60 Å². The summed E-state index contributed by atoms with van der Waals surface area (Å²) in [6.07, 6.45) is -1.01. The van der Waals surface area contributed by atoms with E-state index in [2.05, 4.69) is 4.52 Å². The second-order valence-electron chi connectivity index (χ2n) is 2.68. The van der Waals surface area contributed by atoms with Crippen LogP contribution < -0.4 is 34.5 Å². The summed E-state index contributed by atoms with van der Waals surface area (Å²) in [7, 11) is -4.14. The Balaban J connectivity index is 0. The van der Waals surface area contributed by atoms with Crippen molar-refractivity contribution in [1.82, 2.24) is 0 Å². The van der Waals surface area contributed by atoms with Gasteiger partial charge >= 0.3 is 29.6 Å². The van der Waals surface area contributed by atoms with Gasteiger partial charge in [0, 0.05) is 6.61 Å². The summed E-state index contributed by atoms with van der Waals surface area (Å²) in [6, 6.07) is 0. The molecule has 0 aliphatic carbocycles. The van der Waals surface area contributed by atoms with Gasteiger partial charge in [-0.25, -0.2) is 0 Å². The predicted octanol–water partition coefficient (Wildman–Crippen LogP) is -2.72. The smallest absolute Gasteiger partial charge is 0.777 e. The van der Waals surface area contributed by atoms with Crippen molar-refractivity contribution in [3.63, 3.8) is 0 Å². The zero-order chi connectivity index (χ0) is 9.83. The molecular formula is C6H14NaO5P. The van der Waals surface area contributed by atoms with Crippen LogP contribution in [0.1, 0.15) is 20.8 Å². The molecule has 1 atom stereocenters. The first-order valence-corrected chi connectivity index (χ1v) is 5.31. The maximum Gasteiger partial charge on any atom is 1.00 e. The van der Waals surface area contributed by atoms with Crippen molar-refractivity contribution in [2.75, 3.05) is 13.0 Å². The summed E-state index contributed by atoms with van der Waals surface area (Å²) in [6.45, 7) is 5.01. The zero-order valence-electron chi connectivity index (χ0n) is 8.44. The molecule has 7 heteroatoms. The van der Waals surface area contributed by atoms with E-state index < -0.39 is 19.7 Å². The van der Waals surface area contributed by atoms with Crippen molar-refractivity contribution in [3.05, 3.63) is 0 Å². The summed E-state index contributed by atoms with van der Waals surface area (Å²) in [5.74, 6) is -1.20. The molecule has 0 heterocycles. The molecule has 0 aromatic heterocycles. The second kappa shape index (κ2) is 6.53. The summed E-state index contributed by atoms with van der Waals surface area (Å²) in [5.41, 5.74) is 0. The Morgan fingerprint density at radius 2 is 2.00 bits per heavy atom. The summed E-state index contributed by atoms with van der Waals surface area (Å²) in [4.78, 5) is 10.8. The van der Waals surface area contributed by atoms with Crippen LogP contribution in [0.3, 0.4) is 0 Å². The van der Waals surface area contributed by atoms with Gasteiger partial charge in [-0.15, -0.1) is 0 Å². The molecule has 0 rings (SSSR count). The van der Waals surface area contributed by atoms with Crippen LogP contribution in [0.4, 0.5) is 0 Å². The zero-order valence-corrected chi connectivity index (χ0v) is 11.3. The van der Waals surface area contributed by atoms with Crippen molar-refractivity contribution in [2.45, 2.75) is 26.6 Å². The third-order valence-corrected chi connectivity index (χ3v) is 2.09. The summed E-state index contributed by atoms with van der Waals surface area (Å²) in [5, 5.41) is 8.37. The van der Waals surface area contributed by atoms with Gasteiger partial charge in [-0.05, 0) is 20.8 Å². The van der Waals surface area contributed by atoms with E-state index in [0.717, 1.165) is 0 Å². The van der Waals surface area contributed by atoms with Gasteiger partial charge in [-0.2, -0.15) is 0 Å². The van der Waals surface area contributed by atoms with Crippen LogP contribution >= 0.6 is 7.60 Å². The third-order valence-electron chi connectivity index (χ3n) is 1.02. The first kappa shape index (κ1) is 16.5. The van der Waals surface area contributed by atoms with E-state index in [9.17, 15) is 9.46 Å². The molecule has 0 aliphatic rings. The SMILES string of the molecule is CCOC(C)(C)OP(=O)([O-])CO.[Na+]. The van der Waals surface area contributed by atoms with Crippen molar-refractivity contribution in [2.24, 2.45) is 0 Å². The van der Waals surface area contributed by atoms with Crippen LogP contribution in [0.5, 0.6) is 0 Å². The van der Waals surface area contributed by atoms with Crippen LogP contribution in [-0.4, -0.2) is 23.8 Å². The molecule has 13 heavy (non-hydrogen) atoms. The molecular weight excluding hydrogens is 206 g/mol. The summed E-state index contributed by atoms with van der Waals surface area (Å²) >= 11 is 0. The van der Waals surface area contributed by atoms with E-state index in [1.165, 1.54) is 13.8 Å². The monoisotopic (exact) mass is 220 g/mol. The minimum absolute atomic E-state index is 0. The number of hydrogen-bond donors (Lipinski definition) is 1. The molecule has 0 aliphatic heterocycles. The van der Waals surface area contributed by atoms with Gasteiger partial charge in [0.25, 0.3) is 0 Å². The van der Waals surface area contributed by atoms with E-state index >= 15 is 0 Å². The molecule has 74 valence electrons. The van der Waals surface area contributed by atoms with Crippen LogP contribution in [0, 0.1) is 0 Å². The molecule has 0 saturated heterocycles. The van der Waals surface area contributed by atoms with Gasteiger partial charge < -0.3 is 23.8 Å². The van der Waals surface area contributed by atoms with Gasteiger partial charge in [0.1, 0.15) is 6.35 Å². The normalized spacial score (nSPS) is 16.1. The average molecular weight is 220 g/mol. The van der Waals surface area contributed by atoms with Gasteiger partial charge in [-0.1, -0.05) is 0 Å². The molecule has 0 bridgehead atoms. The number of rotatable bonds is 5. The molecule has 5 nitrogen and oxygen atoms in total. The largest absolute Gasteiger partial charge is 1.00 e. The van der Waals surface area contributed by atoms with E-state index in [1.807, 2.05) is 0 Å². The maximum atomic E-state index is 10.8. The van der Waals surface area contributed by atoms with Gasteiger partial charge in [-0.3, -0.25) is 0 Å². The van der Waals surface area contributed by atoms with Gasteiger partial charge in [0.15, 0.2) is 13.4 Å². The number of aliphatic hydroxyl groups excluding tert-OH is 1. The average Bonchev–Trinajstić information content (AvgIpc) is 1.85. The Bertz CT molecular complexity index is 184. The van der Waals surface area contributed by atoms with Crippen molar-refractivity contribution < 1.29 is 53.4 Å². The number of ether oxygens (including phenoxy) is 1. The Kier molecular flexibility index (Phi) is 8.29. The Morgan fingerprint density at radius 3 is 2.31 bits per heavy atom. The van der Waals surface area contributed by atoms with E-state index in [1.54, 1.807) is 6.92 Å². The third kappa shape index (κ3) is 8.09. The first-order valence-electron chi connectivity index (χ1n) is 3.58. The van der Waals surface area contributed by atoms with E-state index in [4.69, 9.17) is 9.84 Å². The topological polar surface area (TPSA) is 78.8 Å². The maximum absolute atomic E-state index is 10.8. The fraction of sp³-hybridized carbons (Fsp3) is 1.00. The molecule has 0 aromatic carbocycles. The Morgan fingerprint density at radius 1 is 1.54 bits per heavy atom. The fourth-order valence-corrected chi connectivity index (χ4v) is 1.52. The molecule has 0 spiro atoms. The summed E-state index contributed by atoms with van der Waals surface area (Å²) < 4.78 is 20.3. The van der Waals surface area contributed by atoms with Gasteiger partial charge in [0.2, 0.25) is 0 Å². The quantitative estimate of drug-likeness (QED) is 0.309. The molecule has 0 fully saturated rings. The van der Waals surface area contributed by atoms with Crippen LogP contribution in [0.2, 0.25) is 0 Å². The Labute approximate surface area is 100 Å². The standard InChI is InChI=1S/C6H15O5P.Na/c1-4-10-6(2,3)11-12(8,9)5-7;/h7H,4-5H2,1-3H3,(H,8,9);/q;+1/p-1. The molecule has 0 amide bonds. The van der Waals surface area contributed by atoms with E-state index in [0.29, 0.717) is 6.61 Å². The minimum Gasteiger partial charge on any atom is -0.777 e. The van der Waals surface area contributed by atoms with E-state index in [-0.39, 0.29) is 29.6 Å². The first-order chi connectivity index (χ1) is 5.33. The van der Waals surface area contributed by atoms with Crippen LogP contribution in [0.15, 0.2) is 0 Å². The molecule has 1 unspecified atom stereocenters. The fourth-order valence-electron chi connectivity index (χ4n) is 0.738. The van der Waals surface area contributed by atoms with Crippen molar-refractivity contribution in [1.29, 1.82) is 0 Å². The molecule has 0 aromatic rings. The minimum atomic E-state index is -4.14. The number of hydrogen-bond acceptors (Lipinski definition) is 5. The Hall–Kier alpha value is 1.07. The van der Waals surface area contributed by atoms with Crippen LogP contribution in [0.25, 0.3) is 0 Å². The van der Waals surface area contributed by atoms with Crippen molar-refractivity contribution in [3.8, 4) is 0 Å². The number of aliphatic hydroxyl groups is 1. The predicted molar refractivity (Wildman–Crippen MR) is 41.5 cm³/mol.